The number of aliphatic hydroxyl groups is 1. The van der Waals surface area contributed by atoms with E-state index >= 15 is 0 Å². The van der Waals surface area contributed by atoms with Crippen LogP contribution in [-0.2, 0) is 0 Å². The summed E-state index contributed by atoms with van der Waals surface area (Å²) in [6, 6.07) is 5.65. The van der Waals surface area contributed by atoms with Crippen LogP contribution >= 0.6 is 15.9 Å². The monoisotopic (exact) mass is 338 g/mol. The van der Waals surface area contributed by atoms with E-state index in [9.17, 15) is 5.11 Å². The molecule has 0 fully saturated rings. The van der Waals surface area contributed by atoms with E-state index in [0.29, 0.717) is 12.4 Å². The first-order chi connectivity index (χ1) is 9.45. The second-order valence-electron chi connectivity index (χ2n) is 4.77. The molecule has 0 bridgehead atoms. The van der Waals surface area contributed by atoms with Crippen LogP contribution in [0.2, 0.25) is 0 Å². The Balaban J connectivity index is 2.52. The predicted octanol–water partition coefficient (Wildman–Crippen LogP) is 4.45. The summed E-state index contributed by atoms with van der Waals surface area (Å²) in [4.78, 5) is 0. The van der Waals surface area contributed by atoms with Crippen LogP contribution in [0.15, 0.2) is 27.1 Å². The van der Waals surface area contributed by atoms with Crippen LogP contribution in [0.5, 0.6) is 5.75 Å². The molecule has 0 aliphatic carbocycles. The highest BCUT2D eigenvalue weighted by Crippen LogP contribution is 2.36. The maximum absolute atomic E-state index is 10.7. The van der Waals surface area contributed by atoms with Crippen molar-refractivity contribution in [2.75, 3.05) is 6.61 Å². The standard InChI is InChI=1S/C16H19BrO3/c1-5-19-14-7-6-12(17)8-13(14)16(18)15-9(2)10(3)20-11(15)4/h6-8,16,18H,5H2,1-4H3. The minimum absolute atomic E-state index is 0.559. The van der Waals surface area contributed by atoms with Gasteiger partial charge in [-0.25, -0.2) is 0 Å². The van der Waals surface area contributed by atoms with Gasteiger partial charge in [0.1, 0.15) is 23.4 Å². The molecule has 0 aliphatic rings. The lowest BCUT2D eigenvalue weighted by atomic mass is 9.97. The fourth-order valence-corrected chi connectivity index (χ4v) is 2.77. The number of rotatable bonds is 4. The average molecular weight is 339 g/mol. The van der Waals surface area contributed by atoms with Crippen LogP contribution in [0, 0.1) is 20.8 Å². The fraction of sp³-hybridized carbons (Fsp3) is 0.375. The Bertz CT molecular complexity index is 616. The number of benzene rings is 1. The number of furan rings is 1. The van der Waals surface area contributed by atoms with Crippen LogP contribution in [0.3, 0.4) is 0 Å². The number of aliphatic hydroxyl groups excluding tert-OH is 1. The third-order valence-corrected chi connectivity index (χ3v) is 3.95. The molecule has 0 amide bonds. The van der Waals surface area contributed by atoms with Crippen molar-refractivity contribution in [2.24, 2.45) is 0 Å². The Morgan fingerprint density at radius 3 is 2.50 bits per heavy atom. The van der Waals surface area contributed by atoms with E-state index in [1.807, 2.05) is 45.9 Å². The van der Waals surface area contributed by atoms with Crippen molar-refractivity contribution in [1.82, 2.24) is 0 Å². The molecule has 2 rings (SSSR count). The van der Waals surface area contributed by atoms with E-state index in [4.69, 9.17) is 9.15 Å². The number of aryl methyl sites for hydroxylation is 2. The molecule has 1 N–H and O–H groups in total. The SMILES string of the molecule is CCOc1ccc(Br)cc1C(O)c1c(C)oc(C)c1C. The highest BCUT2D eigenvalue weighted by atomic mass is 79.9. The third-order valence-electron chi connectivity index (χ3n) is 3.46. The van der Waals surface area contributed by atoms with E-state index in [2.05, 4.69) is 15.9 Å². The maximum atomic E-state index is 10.7. The molecule has 1 atom stereocenters. The molecule has 1 aromatic carbocycles. The van der Waals surface area contributed by atoms with Gasteiger partial charge in [0.25, 0.3) is 0 Å². The highest BCUT2D eigenvalue weighted by Gasteiger charge is 2.23. The van der Waals surface area contributed by atoms with Gasteiger partial charge in [0.15, 0.2) is 0 Å². The molecule has 2 aromatic rings. The zero-order valence-electron chi connectivity index (χ0n) is 12.2. The van der Waals surface area contributed by atoms with Crippen molar-refractivity contribution < 1.29 is 14.3 Å². The molecule has 0 aliphatic heterocycles. The van der Waals surface area contributed by atoms with Crippen LogP contribution in [0.25, 0.3) is 0 Å². The molecular formula is C16H19BrO3. The predicted molar refractivity (Wildman–Crippen MR) is 82.3 cm³/mol. The average Bonchev–Trinajstić information content (AvgIpc) is 2.65. The van der Waals surface area contributed by atoms with Gasteiger partial charge in [-0.1, -0.05) is 15.9 Å². The Hall–Kier alpha value is -1.26. The highest BCUT2D eigenvalue weighted by molar-refractivity contribution is 9.10. The Morgan fingerprint density at radius 2 is 1.95 bits per heavy atom. The molecule has 0 spiro atoms. The first kappa shape index (κ1) is 15.1. The van der Waals surface area contributed by atoms with E-state index in [1.165, 1.54) is 0 Å². The van der Waals surface area contributed by atoms with Crippen molar-refractivity contribution in [3.8, 4) is 5.75 Å². The van der Waals surface area contributed by atoms with Crippen molar-refractivity contribution in [1.29, 1.82) is 0 Å². The third kappa shape index (κ3) is 2.76. The molecule has 0 saturated carbocycles. The molecule has 3 nitrogen and oxygen atoms in total. The molecule has 1 heterocycles. The quantitative estimate of drug-likeness (QED) is 0.895. The zero-order valence-corrected chi connectivity index (χ0v) is 13.7. The van der Waals surface area contributed by atoms with E-state index < -0.39 is 6.10 Å². The molecule has 4 heteroatoms. The summed E-state index contributed by atoms with van der Waals surface area (Å²) in [6.07, 6.45) is -0.758. The lowest BCUT2D eigenvalue weighted by Gasteiger charge is -2.16. The second kappa shape index (κ2) is 6.02. The summed E-state index contributed by atoms with van der Waals surface area (Å²) >= 11 is 3.44. The lowest BCUT2D eigenvalue weighted by Crippen LogP contribution is -2.06. The van der Waals surface area contributed by atoms with Gasteiger partial charge in [-0.2, -0.15) is 0 Å². The topological polar surface area (TPSA) is 42.6 Å². The molecule has 20 heavy (non-hydrogen) atoms. The van der Waals surface area contributed by atoms with Gasteiger partial charge in [-0.3, -0.25) is 0 Å². The molecule has 1 unspecified atom stereocenters. The van der Waals surface area contributed by atoms with Gasteiger partial charge in [-0.15, -0.1) is 0 Å². The van der Waals surface area contributed by atoms with Crippen molar-refractivity contribution in [2.45, 2.75) is 33.8 Å². The molecular weight excluding hydrogens is 320 g/mol. The Morgan fingerprint density at radius 1 is 1.25 bits per heavy atom. The van der Waals surface area contributed by atoms with Crippen LogP contribution in [0.1, 0.15) is 41.2 Å². The first-order valence-corrected chi connectivity index (χ1v) is 7.41. The van der Waals surface area contributed by atoms with E-state index in [0.717, 1.165) is 32.7 Å². The number of halogens is 1. The molecule has 1 aromatic heterocycles. The smallest absolute Gasteiger partial charge is 0.125 e. The second-order valence-corrected chi connectivity index (χ2v) is 5.69. The largest absolute Gasteiger partial charge is 0.493 e. The number of hydrogen-bond donors (Lipinski definition) is 1. The fourth-order valence-electron chi connectivity index (χ4n) is 2.39. The van der Waals surface area contributed by atoms with Crippen molar-refractivity contribution in [3.63, 3.8) is 0 Å². The van der Waals surface area contributed by atoms with Crippen molar-refractivity contribution >= 4 is 15.9 Å². The Kier molecular flexibility index (Phi) is 4.55. The first-order valence-electron chi connectivity index (χ1n) is 6.62. The lowest BCUT2D eigenvalue weighted by molar-refractivity contribution is 0.209. The van der Waals surface area contributed by atoms with Gasteiger partial charge < -0.3 is 14.3 Å². The number of hydrogen-bond acceptors (Lipinski definition) is 3. The van der Waals surface area contributed by atoms with Gasteiger partial charge >= 0.3 is 0 Å². The summed E-state index contributed by atoms with van der Waals surface area (Å²) < 4.78 is 12.1. The normalized spacial score (nSPS) is 12.5. The summed E-state index contributed by atoms with van der Waals surface area (Å²) in [7, 11) is 0. The number of ether oxygens (including phenoxy) is 1. The van der Waals surface area contributed by atoms with E-state index in [-0.39, 0.29) is 0 Å². The van der Waals surface area contributed by atoms with Crippen molar-refractivity contribution in [3.05, 3.63) is 50.9 Å². The van der Waals surface area contributed by atoms with Crippen LogP contribution in [0.4, 0.5) is 0 Å². The van der Waals surface area contributed by atoms with Crippen LogP contribution < -0.4 is 4.74 Å². The minimum Gasteiger partial charge on any atom is -0.493 e. The molecule has 0 saturated heterocycles. The van der Waals surface area contributed by atoms with Gasteiger partial charge in [0.05, 0.1) is 6.61 Å². The van der Waals surface area contributed by atoms with Crippen LogP contribution in [-0.4, -0.2) is 11.7 Å². The van der Waals surface area contributed by atoms with Gasteiger partial charge in [0.2, 0.25) is 0 Å². The summed E-state index contributed by atoms with van der Waals surface area (Å²) in [5, 5.41) is 10.7. The van der Waals surface area contributed by atoms with Gasteiger partial charge in [0, 0.05) is 15.6 Å². The summed E-state index contributed by atoms with van der Waals surface area (Å²) in [5.74, 6) is 2.28. The Labute approximate surface area is 127 Å². The molecule has 108 valence electrons. The molecule has 0 radical (unpaired) electrons. The maximum Gasteiger partial charge on any atom is 0.125 e. The summed E-state index contributed by atoms with van der Waals surface area (Å²) in [6.45, 7) is 8.23. The minimum atomic E-state index is -0.758. The summed E-state index contributed by atoms with van der Waals surface area (Å²) in [5.41, 5.74) is 2.55. The zero-order chi connectivity index (χ0) is 14.9. The van der Waals surface area contributed by atoms with Gasteiger partial charge in [-0.05, 0) is 51.5 Å². The van der Waals surface area contributed by atoms with E-state index in [1.54, 1.807) is 0 Å².